The second-order valence-electron chi connectivity index (χ2n) is 7.16. The van der Waals surface area contributed by atoms with Crippen molar-refractivity contribution in [1.82, 2.24) is 15.2 Å². The number of nitrogens with one attached hydrogen (secondary N) is 1. The van der Waals surface area contributed by atoms with Crippen molar-refractivity contribution in [2.75, 3.05) is 0 Å². The number of hydrazone groups is 1. The van der Waals surface area contributed by atoms with Crippen molar-refractivity contribution in [3.63, 3.8) is 0 Å². The van der Waals surface area contributed by atoms with E-state index in [1.165, 1.54) is 18.3 Å². The molecule has 0 atom stereocenters. The maximum absolute atomic E-state index is 12.9. The number of aromatic nitrogens is 2. The van der Waals surface area contributed by atoms with Gasteiger partial charge in [-0.05, 0) is 35.9 Å². The van der Waals surface area contributed by atoms with Gasteiger partial charge in [-0.3, -0.25) is 4.79 Å². The molecule has 1 amide bonds. The van der Waals surface area contributed by atoms with Crippen LogP contribution in [0.15, 0.2) is 65.8 Å². The summed E-state index contributed by atoms with van der Waals surface area (Å²) in [5.41, 5.74) is 4.98. The molecule has 0 aliphatic heterocycles. The molecule has 3 aromatic rings. The van der Waals surface area contributed by atoms with Crippen LogP contribution < -0.4 is 5.43 Å². The summed E-state index contributed by atoms with van der Waals surface area (Å²) >= 11 is 0. The Bertz CT molecular complexity index is 954. The summed E-state index contributed by atoms with van der Waals surface area (Å²) in [7, 11) is 0. The smallest absolute Gasteiger partial charge is 0.266 e. The molecule has 0 spiro atoms. The van der Waals surface area contributed by atoms with Crippen LogP contribution in [-0.4, -0.2) is 21.9 Å². The fraction of sp³-hybridized carbons (Fsp3) is 0.190. The van der Waals surface area contributed by atoms with Crippen LogP contribution in [0.4, 0.5) is 4.39 Å². The second-order valence-corrected chi connectivity index (χ2v) is 7.16. The van der Waals surface area contributed by atoms with Crippen LogP contribution in [0.5, 0.6) is 0 Å². The summed E-state index contributed by atoms with van der Waals surface area (Å²) in [4.78, 5) is 12.7. The number of benzene rings is 2. The number of rotatable bonds is 4. The standard InChI is InChI=1S/C21H21FN4O/c1-21(2,3)19-13-18(26(25-19)17-7-5-4-6-8-17)20(27)24-23-14-15-9-11-16(22)12-10-15/h4-14H,1-3H3,(H,24,27). The maximum atomic E-state index is 12.9. The molecule has 0 fully saturated rings. The van der Waals surface area contributed by atoms with Gasteiger partial charge in [-0.25, -0.2) is 14.5 Å². The van der Waals surface area contributed by atoms with Crippen molar-refractivity contribution in [3.05, 3.63) is 83.4 Å². The van der Waals surface area contributed by atoms with Crippen LogP contribution in [0.3, 0.4) is 0 Å². The predicted octanol–water partition coefficient (Wildman–Crippen LogP) is 4.07. The van der Waals surface area contributed by atoms with Crippen molar-refractivity contribution in [2.45, 2.75) is 26.2 Å². The highest BCUT2D eigenvalue weighted by Crippen LogP contribution is 2.23. The van der Waals surface area contributed by atoms with Crippen LogP contribution in [0.2, 0.25) is 0 Å². The largest absolute Gasteiger partial charge is 0.290 e. The molecule has 5 nitrogen and oxygen atoms in total. The zero-order chi connectivity index (χ0) is 19.4. The number of amides is 1. The molecule has 3 rings (SSSR count). The molecule has 0 radical (unpaired) electrons. The van der Waals surface area contributed by atoms with Crippen LogP contribution >= 0.6 is 0 Å². The van der Waals surface area contributed by atoms with Gasteiger partial charge in [0, 0.05) is 5.41 Å². The Hall–Kier alpha value is -3.28. The Morgan fingerprint density at radius 2 is 1.78 bits per heavy atom. The summed E-state index contributed by atoms with van der Waals surface area (Å²) in [5.74, 6) is -0.696. The number of para-hydroxylation sites is 1. The van der Waals surface area contributed by atoms with Crippen molar-refractivity contribution < 1.29 is 9.18 Å². The fourth-order valence-corrected chi connectivity index (χ4v) is 2.45. The first kappa shape index (κ1) is 18.5. The molecule has 2 aromatic carbocycles. The van der Waals surface area contributed by atoms with Gasteiger partial charge in [0.2, 0.25) is 0 Å². The molecule has 6 heteroatoms. The fourth-order valence-electron chi connectivity index (χ4n) is 2.45. The van der Waals surface area contributed by atoms with E-state index >= 15 is 0 Å². The van der Waals surface area contributed by atoms with E-state index in [0.29, 0.717) is 11.3 Å². The molecule has 1 heterocycles. The topological polar surface area (TPSA) is 59.3 Å². The highest BCUT2D eigenvalue weighted by Gasteiger charge is 2.23. The lowest BCUT2D eigenvalue weighted by molar-refractivity contribution is 0.0947. The van der Waals surface area contributed by atoms with Crippen LogP contribution in [0, 0.1) is 5.82 Å². The van der Waals surface area contributed by atoms with Gasteiger partial charge >= 0.3 is 0 Å². The summed E-state index contributed by atoms with van der Waals surface area (Å²) in [6, 6.07) is 17.1. The Morgan fingerprint density at radius 3 is 2.41 bits per heavy atom. The molecule has 0 saturated carbocycles. The van der Waals surface area contributed by atoms with Gasteiger partial charge < -0.3 is 0 Å². The first-order chi connectivity index (χ1) is 12.8. The Labute approximate surface area is 157 Å². The van der Waals surface area contributed by atoms with Gasteiger partial charge in [0.05, 0.1) is 17.6 Å². The van der Waals surface area contributed by atoms with Gasteiger partial charge in [0.15, 0.2) is 0 Å². The molecule has 0 aliphatic carbocycles. The Balaban J connectivity index is 1.86. The minimum atomic E-state index is -0.375. The number of halogens is 1. The average molecular weight is 364 g/mol. The third-order valence-corrected chi connectivity index (χ3v) is 3.96. The lowest BCUT2D eigenvalue weighted by Crippen LogP contribution is -2.21. The molecule has 138 valence electrons. The summed E-state index contributed by atoms with van der Waals surface area (Å²) in [6.07, 6.45) is 1.46. The number of nitrogens with zero attached hydrogens (tertiary/aromatic N) is 3. The van der Waals surface area contributed by atoms with Gasteiger partial charge in [0.1, 0.15) is 11.5 Å². The monoisotopic (exact) mass is 364 g/mol. The lowest BCUT2D eigenvalue weighted by Gasteiger charge is -2.14. The van der Waals surface area contributed by atoms with Crippen molar-refractivity contribution in [2.24, 2.45) is 5.10 Å². The molecule has 0 unspecified atom stereocenters. The number of hydrogen-bond donors (Lipinski definition) is 1. The summed E-state index contributed by atoms with van der Waals surface area (Å²) in [6.45, 7) is 6.12. The van der Waals surface area contributed by atoms with E-state index in [0.717, 1.165) is 11.4 Å². The van der Waals surface area contributed by atoms with Gasteiger partial charge in [0.25, 0.3) is 5.91 Å². The number of carbonyl (C=O) groups is 1. The quantitative estimate of drug-likeness (QED) is 0.560. The van der Waals surface area contributed by atoms with E-state index in [9.17, 15) is 9.18 Å². The minimum absolute atomic E-state index is 0.202. The van der Waals surface area contributed by atoms with E-state index in [2.05, 4.69) is 15.6 Å². The van der Waals surface area contributed by atoms with Crippen LogP contribution in [-0.2, 0) is 5.41 Å². The predicted molar refractivity (Wildman–Crippen MR) is 104 cm³/mol. The Kier molecular flexibility index (Phi) is 5.16. The van der Waals surface area contributed by atoms with E-state index in [1.807, 2.05) is 51.1 Å². The summed E-state index contributed by atoms with van der Waals surface area (Å²) < 4.78 is 14.6. The highest BCUT2D eigenvalue weighted by atomic mass is 19.1. The minimum Gasteiger partial charge on any atom is -0.266 e. The first-order valence-electron chi connectivity index (χ1n) is 8.59. The molecular weight excluding hydrogens is 343 g/mol. The summed E-state index contributed by atoms with van der Waals surface area (Å²) in [5, 5.41) is 8.58. The van der Waals surface area contributed by atoms with Crippen molar-refractivity contribution in [3.8, 4) is 5.69 Å². The zero-order valence-corrected chi connectivity index (χ0v) is 15.5. The average Bonchev–Trinajstić information content (AvgIpc) is 3.10. The first-order valence-corrected chi connectivity index (χ1v) is 8.59. The third-order valence-electron chi connectivity index (χ3n) is 3.96. The van der Waals surface area contributed by atoms with E-state index in [-0.39, 0.29) is 17.1 Å². The second kappa shape index (κ2) is 7.53. The van der Waals surface area contributed by atoms with Crippen LogP contribution in [0.25, 0.3) is 5.69 Å². The highest BCUT2D eigenvalue weighted by molar-refractivity contribution is 5.94. The van der Waals surface area contributed by atoms with E-state index < -0.39 is 0 Å². The number of carbonyl (C=O) groups excluding carboxylic acids is 1. The lowest BCUT2D eigenvalue weighted by atomic mass is 9.92. The molecular formula is C21H21FN4O. The zero-order valence-electron chi connectivity index (χ0n) is 15.5. The van der Waals surface area contributed by atoms with Gasteiger partial charge in [-0.2, -0.15) is 10.2 Å². The van der Waals surface area contributed by atoms with Crippen molar-refractivity contribution in [1.29, 1.82) is 0 Å². The van der Waals surface area contributed by atoms with Crippen LogP contribution in [0.1, 0.15) is 42.5 Å². The third kappa shape index (κ3) is 4.47. The molecule has 27 heavy (non-hydrogen) atoms. The molecule has 1 aromatic heterocycles. The molecule has 0 aliphatic rings. The molecule has 1 N–H and O–H groups in total. The van der Waals surface area contributed by atoms with Gasteiger partial charge in [-0.1, -0.05) is 51.1 Å². The van der Waals surface area contributed by atoms with E-state index in [4.69, 9.17) is 0 Å². The maximum Gasteiger partial charge on any atom is 0.290 e. The normalized spacial score (nSPS) is 11.7. The SMILES string of the molecule is CC(C)(C)c1cc(C(=O)NN=Cc2ccc(F)cc2)n(-c2ccccc2)n1. The Morgan fingerprint density at radius 1 is 1.11 bits per heavy atom. The number of hydrogen-bond acceptors (Lipinski definition) is 3. The molecule has 0 saturated heterocycles. The van der Waals surface area contributed by atoms with Crippen molar-refractivity contribution >= 4 is 12.1 Å². The molecule has 0 bridgehead atoms. The van der Waals surface area contributed by atoms with E-state index in [1.54, 1.807) is 22.9 Å². The van der Waals surface area contributed by atoms with Gasteiger partial charge in [-0.15, -0.1) is 0 Å².